The summed E-state index contributed by atoms with van der Waals surface area (Å²) in [6, 6.07) is 2.73. The summed E-state index contributed by atoms with van der Waals surface area (Å²) in [7, 11) is 0. The van der Waals surface area contributed by atoms with Gasteiger partial charge < -0.3 is 10.2 Å². The van der Waals surface area contributed by atoms with Crippen molar-refractivity contribution in [3.05, 3.63) is 23.8 Å². The fourth-order valence-corrected chi connectivity index (χ4v) is 3.99. The Hall–Kier alpha value is -2.32. The SMILES string of the molecule is CCCCCCCCCCCCCCCCCCNN(C(=O)NN)C(=O)c1ccc(O)cc1O. The highest BCUT2D eigenvalue weighted by molar-refractivity contribution is 6.05. The predicted molar refractivity (Wildman–Crippen MR) is 136 cm³/mol. The normalized spacial score (nSPS) is 10.9. The second kappa shape index (κ2) is 19.0. The number of imide groups is 1. The zero-order chi connectivity index (χ0) is 25.0. The van der Waals surface area contributed by atoms with Crippen LogP contribution in [0.2, 0.25) is 0 Å². The van der Waals surface area contributed by atoms with Gasteiger partial charge in [0.05, 0.1) is 5.56 Å². The summed E-state index contributed by atoms with van der Waals surface area (Å²) in [6.07, 6.45) is 20.4. The van der Waals surface area contributed by atoms with Crippen molar-refractivity contribution in [3.63, 3.8) is 0 Å². The number of aromatic hydroxyl groups is 2. The van der Waals surface area contributed by atoms with E-state index in [0.29, 0.717) is 6.54 Å². The third-order valence-electron chi connectivity index (χ3n) is 6.04. The lowest BCUT2D eigenvalue weighted by atomic mass is 10.0. The van der Waals surface area contributed by atoms with E-state index in [0.717, 1.165) is 30.3 Å². The largest absolute Gasteiger partial charge is 0.508 e. The molecule has 8 nitrogen and oxygen atoms in total. The Morgan fingerprint density at radius 3 is 1.71 bits per heavy atom. The van der Waals surface area contributed by atoms with Crippen LogP contribution in [0.1, 0.15) is 120 Å². The molecule has 34 heavy (non-hydrogen) atoms. The summed E-state index contributed by atoms with van der Waals surface area (Å²) in [5.74, 6) is 3.84. The van der Waals surface area contributed by atoms with Gasteiger partial charge in [-0.3, -0.25) is 10.2 Å². The molecule has 0 aliphatic rings. The van der Waals surface area contributed by atoms with E-state index in [2.05, 4.69) is 12.3 Å². The quantitative estimate of drug-likeness (QED) is 0.0730. The summed E-state index contributed by atoms with van der Waals surface area (Å²) < 4.78 is 0. The molecule has 0 bridgehead atoms. The first-order chi connectivity index (χ1) is 16.5. The fraction of sp³-hybridized carbons (Fsp3) is 0.692. The first kappa shape index (κ1) is 29.7. The first-order valence-corrected chi connectivity index (χ1v) is 13.1. The summed E-state index contributed by atoms with van der Waals surface area (Å²) in [5.41, 5.74) is 4.59. The summed E-state index contributed by atoms with van der Waals surface area (Å²) in [6.45, 7) is 2.69. The Morgan fingerprint density at radius 2 is 1.26 bits per heavy atom. The summed E-state index contributed by atoms with van der Waals surface area (Å²) in [4.78, 5) is 24.6. The number of nitrogens with one attached hydrogen (secondary N) is 2. The second-order valence-electron chi connectivity index (χ2n) is 9.00. The Bertz CT molecular complexity index is 699. The molecule has 3 amide bonds. The van der Waals surface area contributed by atoms with E-state index in [1.807, 2.05) is 5.43 Å². The lowest BCUT2D eigenvalue weighted by Crippen LogP contribution is -2.53. The number of amides is 3. The molecule has 0 aliphatic heterocycles. The van der Waals surface area contributed by atoms with E-state index in [9.17, 15) is 19.8 Å². The molecule has 0 fully saturated rings. The number of carbonyl (C=O) groups is 2. The van der Waals surface area contributed by atoms with Gasteiger partial charge in [-0.25, -0.2) is 16.1 Å². The van der Waals surface area contributed by atoms with Gasteiger partial charge >= 0.3 is 6.03 Å². The minimum absolute atomic E-state index is 0.110. The average molecular weight is 479 g/mol. The maximum atomic E-state index is 12.6. The number of nitrogens with zero attached hydrogens (tertiary/aromatic N) is 1. The molecule has 8 heteroatoms. The van der Waals surface area contributed by atoms with Gasteiger partial charge in [0.15, 0.2) is 0 Å². The molecule has 1 aromatic rings. The zero-order valence-corrected chi connectivity index (χ0v) is 21.0. The highest BCUT2D eigenvalue weighted by atomic mass is 16.3. The Balaban J connectivity index is 2.09. The number of phenols is 2. The van der Waals surface area contributed by atoms with E-state index in [1.165, 1.54) is 95.6 Å². The molecule has 0 radical (unpaired) electrons. The number of unbranched alkanes of at least 4 members (excludes halogenated alkanes) is 15. The average Bonchev–Trinajstić information content (AvgIpc) is 2.82. The zero-order valence-electron chi connectivity index (χ0n) is 21.0. The fourth-order valence-electron chi connectivity index (χ4n) is 3.99. The molecule has 0 aromatic heterocycles. The molecule has 0 heterocycles. The maximum absolute atomic E-state index is 12.6. The highest BCUT2D eigenvalue weighted by Crippen LogP contribution is 2.23. The van der Waals surface area contributed by atoms with Crippen LogP contribution in [0.5, 0.6) is 11.5 Å². The molecule has 194 valence electrons. The van der Waals surface area contributed by atoms with Crippen molar-refractivity contribution in [2.24, 2.45) is 5.84 Å². The van der Waals surface area contributed by atoms with Gasteiger partial charge in [-0.15, -0.1) is 0 Å². The lowest BCUT2D eigenvalue weighted by Gasteiger charge is -2.21. The third kappa shape index (κ3) is 12.8. The first-order valence-electron chi connectivity index (χ1n) is 13.1. The topological polar surface area (TPSA) is 128 Å². The van der Waals surface area contributed by atoms with Gasteiger partial charge in [0.2, 0.25) is 0 Å². The van der Waals surface area contributed by atoms with E-state index in [1.54, 1.807) is 0 Å². The van der Waals surface area contributed by atoms with Gasteiger partial charge in [-0.2, -0.15) is 5.01 Å². The van der Waals surface area contributed by atoms with Gasteiger partial charge in [0.25, 0.3) is 5.91 Å². The standard InChI is InChI=1S/C26H46N4O4/c1-2-3-4-5-6-7-8-9-10-11-12-13-14-15-16-17-20-28-30(26(34)29-27)25(33)23-19-18-22(31)21-24(23)32/h18-19,21,28,31-32H,2-17,20,27H2,1H3,(H,29,34). The summed E-state index contributed by atoms with van der Waals surface area (Å²) in [5, 5.41) is 20.0. The number of hydrazine groups is 2. The van der Waals surface area contributed by atoms with Crippen molar-refractivity contribution in [1.82, 2.24) is 15.9 Å². The molecule has 1 rings (SSSR count). The van der Waals surface area contributed by atoms with Crippen LogP contribution in [0.15, 0.2) is 18.2 Å². The van der Waals surface area contributed by atoms with Crippen LogP contribution in [-0.2, 0) is 0 Å². The minimum atomic E-state index is -0.825. The second-order valence-corrected chi connectivity index (χ2v) is 9.00. The van der Waals surface area contributed by atoms with E-state index in [-0.39, 0.29) is 11.3 Å². The van der Waals surface area contributed by atoms with Crippen molar-refractivity contribution in [3.8, 4) is 11.5 Å². The van der Waals surface area contributed by atoms with E-state index < -0.39 is 17.7 Å². The lowest BCUT2D eigenvalue weighted by molar-refractivity contribution is 0.0722. The van der Waals surface area contributed by atoms with Crippen LogP contribution in [-0.4, -0.2) is 33.7 Å². The van der Waals surface area contributed by atoms with Gasteiger partial charge in [0.1, 0.15) is 11.5 Å². The summed E-state index contributed by atoms with van der Waals surface area (Å²) >= 11 is 0. The number of phenolic OH excluding ortho intramolecular Hbond substituents is 2. The van der Waals surface area contributed by atoms with Crippen LogP contribution in [0.4, 0.5) is 4.79 Å². The Morgan fingerprint density at radius 1 is 0.794 bits per heavy atom. The molecular weight excluding hydrogens is 432 g/mol. The number of benzene rings is 1. The Kier molecular flexibility index (Phi) is 16.6. The minimum Gasteiger partial charge on any atom is -0.508 e. The van der Waals surface area contributed by atoms with Crippen LogP contribution >= 0.6 is 0 Å². The van der Waals surface area contributed by atoms with Crippen LogP contribution < -0.4 is 16.7 Å². The Labute approximate surface area is 205 Å². The van der Waals surface area contributed by atoms with Gasteiger partial charge in [-0.05, 0) is 18.6 Å². The van der Waals surface area contributed by atoms with Gasteiger partial charge in [0, 0.05) is 12.6 Å². The number of carbonyl (C=O) groups excluding carboxylic acids is 2. The van der Waals surface area contributed by atoms with Crippen molar-refractivity contribution in [2.45, 2.75) is 110 Å². The van der Waals surface area contributed by atoms with Crippen LogP contribution in [0.25, 0.3) is 0 Å². The number of hydrogen-bond acceptors (Lipinski definition) is 6. The molecule has 0 aliphatic carbocycles. The van der Waals surface area contributed by atoms with E-state index >= 15 is 0 Å². The molecular formula is C26H46N4O4. The van der Waals surface area contributed by atoms with Crippen molar-refractivity contribution in [1.29, 1.82) is 0 Å². The van der Waals surface area contributed by atoms with Crippen molar-refractivity contribution in [2.75, 3.05) is 6.54 Å². The van der Waals surface area contributed by atoms with Gasteiger partial charge in [-0.1, -0.05) is 103 Å². The predicted octanol–water partition coefficient (Wildman–Crippen LogP) is 5.89. The monoisotopic (exact) mass is 478 g/mol. The molecule has 0 saturated heterocycles. The van der Waals surface area contributed by atoms with E-state index in [4.69, 9.17) is 5.84 Å². The molecule has 0 saturated carbocycles. The molecule has 0 atom stereocenters. The van der Waals surface area contributed by atoms with Crippen molar-refractivity contribution >= 4 is 11.9 Å². The number of hydrogen-bond donors (Lipinski definition) is 5. The third-order valence-corrected chi connectivity index (χ3v) is 6.04. The van der Waals surface area contributed by atoms with Crippen LogP contribution in [0.3, 0.4) is 0 Å². The molecule has 1 aromatic carbocycles. The highest BCUT2D eigenvalue weighted by Gasteiger charge is 2.24. The smallest absolute Gasteiger partial charge is 0.353 e. The van der Waals surface area contributed by atoms with Crippen molar-refractivity contribution < 1.29 is 19.8 Å². The number of urea groups is 1. The molecule has 0 spiro atoms. The van der Waals surface area contributed by atoms with Crippen LogP contribution in [0, 0.1) is 0 Å². The maximum Gasteiger partial charge on any atom is 0.353 e. The molecule has 0 unspecified atom stereocenters. The molecule has 6 N–H and O–H groups in total. The number of nitrogens with two attached hydrogens (primary N) is 1. The number of rotatable bonds is 19.